The first-order valence-corrected chi connectivity index (χ1v) is 11.5. The van der Waals surface area contributed by atoms with Crippen molar-refractivity contribution in [2.45, 2.75) is 37.6 Å². The summed E-state index contributed by atoms with van der Waals surface area (Å²) in [6.07, 6.45) is 0. The highest BCUT2D eigenvalue weighted by atomic mass is 35.5. The van der Waals surface area contributed by atoms with Crippen LogP contribution in [0.5, 0.6) is 0 Å². The molecule has 31 heavy (non-hydrogen) atoms. The molecule has 0 aliphatic carbocycles. The summed E-state index contributed by atoms with van der Waals surface area (Å²) in [5.74, 6) is 0.237. The maximum atomic E-state index is 14.2. The Hall–Kier alpha value is -2.49. The molecule has 0 saturated heterocycles. The van der Waals surface area contributed by atoms with Crippen molar-refractivity contribution in [1.82, 2.24) is 20.1 Å². The second-order valence-corrected chi connectivity index (χ2v) is 10.3. The highest BCUT2D eigenvalue weighted by Gasteiger charge is 2.22. The van der Waals surface area contributed by atoms with Crippen LogP contribution in [0.1, 0.15) is 32.2 Å². The number of nitrogens with one attached hydrogen (secondary N) is 2. The van der Waals surface area contributed by atoms with Crippen molar-refractivity contribution in [3.05, 3.63) is 58.6 Å². The zero-order valence-corrected chi connectivity index (χ0v) is 19.6. The average Bonchev–Trinajstić information content (AvgIpc) is 3.04. The van der Waals surface area contributed by atoms with Crippen LogP contribution in [0.4, 0.5) is 10.1 Å². The minimum atomic E-state index is -3.98. The fourth-order valence-electron chi connectivity index (χ4n) is 3.06. The van der Waals surface area contributed by atoms with Gasteiger partial charge >= 0.3 is 0 Å². The molecular formula is C21H25ClFN5O2S. The summed E-state index contributed by atoms with van der Waals surface area (Å²) in [6.45, 7) is 6.59. The van der Waals surface area contributed by atoms with Crippen molar-refractivity contribution in [2.24, 2.45) is 7.05 Å². The van der Waals surface area contributed by atoms with Crippen LogP contribution in [0.2, 0.25) is 5.02 Å². The lowest BCUT2D eigenvalue weighted by Gasteiger charge is -2.19. The molecule has 0 bridgehead atoms. The summed E-state index contributed by atoms with van der Waals surface area (Å²) in [7, 11) is -0.471. The molecule has 3 rings (SSSR count). The van der Waals surface area contributed by atoms with Gasteiger partial charge in [0, 0.05) is 18.7 Å². The van der Waals surface area contributed by atoms with Crippen LogP contribution in [0.3, 0.4) is 0 Å². The number of aromatic nitrogens is 3. The zero-order valence-electron chi connectivity index (χ0n) is 18.0. The van der Waals surface area contributed by atoms with Crippen LogP contribution >= 0.6 is 11.6 Å². The van der Waals surface area contributed by atoms with E-state index in [0.29, 0.717) is 23.8 Å². The maximum absolute atomic E-state index is 14.2. The number of hydrogen-bond donors (Lipinski definition) is 2. The van der Waals surface area contributed by atoms with Gasteiger partial charge in [-0.2, -0.15) is 0 Å². The molecule has 0 unspecified atom stereocenters. The minimum absolute atomic E-state index is 0.0216. The largest absolute Gasteiger partial charge is 0.313 e. The van der Waals surface area contributed by atoms with E-state index in [1.807, 2.05) is 20.8 Å². The van der Waals surface area contributed by atoms with Crippen LogP contribution in [-0.4, -0.2) is 30.2 Å². The fourth-order valence-corrected chi connectivity index (χ4v) is 4.30. The SMILES string of the molecule is CNCc1nnc(-c2cc(Cl)c(F)cc2NS(=O)(=O)c2ccc(C(C)(C)C)cc2)n1C. The Kier molecular flexibility index (Phi) is 6.40. The molecule has 1 aromatic heterocycles. The Morgan fingerprint density at radius 2 is 1.77 bits per heavy atom. The quantitative estimate of drug-likeness (QED) is 0.572. The number of benzene rings is 2. The number of anilines is 1. The molecule has 166 valence electrons. The molecule has 0 aliphatic heterocycles. The van der Waals surface area contributed by atoms with E-state index in [0.717, 1.165) is 11.6 Å². The topological polar surface area (TPSA) is 88.9 Å². The Bertz CT molecular complexity index is 1200. The highest BCUT2D eigenvalue weighted by Crippen LogP contribution is 2.33. The standard InChI is InChI=1S/C21H25ClFN5O2S/c1-21(2,3)13-6-8-14(9-7-13)31(29,30)27-18-11-17(23)16(22)10-15(18)20-26-25-19(12-24-4)28(20)5/h6-11,24,27H,12H2,1-5H3. The second kappa shape index (κ2) is 8.57. The first kappa shape index (κ1) is 23.2. The molecule has 7 nitrogen and oxygen atoms in total. The molecule has 0 saturated carbocycles. The molecule has 2 aromatic carbocycles. The Morgan fingerprint density at radius 3 is 2.35 bits per heavy atom. The van der Waals surface area contributed by atoms with E-state index in [4.69, 9.17) is 11.6 Å². The van der Waals surface area contributed by atoms with Crippen LogP contribution in [-0.2, 0) is 29.0 Å². The van der Waals surface area contributed by atoms with Crippen molar-refractivity contribution in [3.63, 3.8) is 0 Å². The van der Waals surface area contributed by atoms with Gasteiger partial charge in [-0.3, -0.25) is 4.72 Å². The molecule has 0 aliphatic rings. The van der Waals surface area contributed by atoms with Gasteiger partial charge in [-0.15, -0.1) is 10.2 Å². The highest BCUT2D eigenvalue weighted by molar-refractivity contribution is 7.92. The van der Waals surface area contributed by atoms with E-state index in [9.17, 15) is 12.8 Å². The van der Waals surface area contributed by atoms with Crippen LogP contribution < -0.4 is 10.0 Å². The predicted octanol–water partition coefficient (Wildman–Crippen LogP) is 4.09. The summed E-state index contributed by atoms with van der Waals surface area (Å²) in [5, 5.41) is 11.1. The van der Waals surface area contributed by atoms with Gasteiger partial charge in [0.15, 0.2) is 5.82 Å². The van der Waals surface area contributed by atoms with Gasteiger partial charge in [-0.1, -0.05) is 44.5 Å². The third-order valence-corrected chi connectivity index (χ3v) is 6.55. The molecule has 1 heterocycles. The maximum Gasteiger partial charge on any atom is 0.261 e. The molecule has 2 N–H and O–H groups in total. The average molecular weight is 466 g/mol. The van der Waals surface area contributed by atoms with E-state index >= 15 is 0 Å². The van der Waals surface area contributed by atoms with E-state index in [-0.39, 0.29) is 21.0 Å². The minimum Gasteiger partial charge on any atom is -0.313 e. The predicted molar refractivity (Wildman–Crippen MR) is 120 cm³/mol. The van der Waals surface area contributed by atoms with Crippen molar-refractivity contribution >= 4 is 27.3 Å². The summed E-state index contributed by atoms with van der Waals surface area (Å²) in [5.41, 5.74) is 1.23. The number of hydrogen-bond acceptors (Lipinski definition) is 5. The zero-order chi connectivity index (χ0) is 23.0. The fraction of sp³-hybridized carbons (Fsp3) is 0.333. The Morgan fingerprint density at radius 1 is 1.13 bits per heavy atom. The first-order valence-electron chi connectivity index (χ1n) is 9.59. The Labute approximate surface area is 186 Å². The van der Waals surface area contributed by atoms with Crippen molar-refractivity contribution in [3.8, 4) is 11.4 Å². The second-order valence-electron chi connectivity index (χ2n) is 8.22. The summed E-state index contributed by atoms with van der Waals surface area (Å²) in [6, 6.07) is 8.98. The van der Waals surface area contributed by atoms with Gasteiger partial charge in [0.2, 0.25) is 0 Å². The summed E-state index contributed by atoms with van der Waals surface area (Å²) < 4.78 is 44.4. The van der Waals surface area contributed by atoms with Gasteiger partial charge in [0.05, 0.1) is 22.2 Å². The summed E-state index contributed by atoms with van der Waals surface area (Å²) in [4.78, 5) is 0.0654. The van der Waals surface area contributed by atoms with Gasteiger partial charge in [-0.05, 0) is 36.2 Å². The lowest BCUT2D eigenvalue weighted by Crippen LogP contribution is -2.16. The molecule has 0 spiro atoms. The molecule has 3 aromatic rings. The number of rotatable bonds is 6. The molecule has 0 fully saturated rings. The third-order valence-electron chi connectivity index (χ3n) is 4.88. The monoisotopic (exact) mass is 465 g/mol. The lowest BCUT2D eigenvalue weighted by atomic mass is 9.87. The Balaban J connectivity index is 2.04. The van der Waals surface area contributed by atoms with Gasteiger partial charge in [0.25, 0.3) is 10.0 Å². The van der Waals surface area contributed by atoms with Gasteiger partial charge in [-0.25, -0.2) is 12.8 Å². The van der Waals surface area contributed by atoms with Crippen molar-refractivity contribution in [2.75, 3.05) is 11.8 Å². The first-order chi connectivity index (χ1) is 14.4. The van der Waals surface area contributed by atoms with E-state index in [1.54, 1.807) is 30.8 Å². The number of sulfonamides is 1. The molecular weight excluding hydrogens is 441 g/mol. The normalized spacial score (nSPS) is 12.2. The lowest BCUT2D eigenvalue weighted by molar-refractivity contribution is 0.587. The smallest absolute Gasteiger partial charge is 0.261 e. The van der Waals surface area contributed by atoms with E-state index < -0.39 is 15.8 Å². The molecule has 0 atom stereocenters. The molecule has 0 radical (unpaired) electrons. The van der Waals surface area contributed by atoms with Gasteiger partial charge < -0.3 is 9.88 Å². The van der Waals surface area contributed by atoms with Crippen LogP contribution in [0.25, 0.3) is 11.4 Å². The number of halogens is 2. The third kappa shape index (κ3) is 4.89. The molecule has 0 amide bonds. The van der Waals surface area contributed by atoms with E-state index in [1.165, 1.54) is 18.2 Å². The van der Waals surface area contributed by atoms with Crippen molar-refractivity contribution in [1.29, 1.82) is 0 Å². The molecule has 10 heteroatoms. The van der Waals surface area contributed by atoms with Crippen LogP contribution in [0.15, 0.2) is 41.3 Å². The van der Waals surface area contributed by atoms with Crippen molar-refractivity contribution < 1.29 is 12.8 Å². The van der Waals surface area contributed by atoms with Gasteiger partial charge in [0.1, 0.15) is 11.6 Å². The van der Waals surface area contributed by atoms with E-state index in [2.05, 4.69) is 20.2 Å². The summed E-state index contributed by atoms with van der Waals surface area (Å²) >= 11 is 5.98. The van der Waals surface area contributed by atoms with Crippen LogP contribution in [0, 0.1) is 5.82 Å². The number of nitrogens with zero attached hydrogens (tertiary/aromatic N) is 3.